The van der Waals surface area contributed by atoms with Crippen molar-refractivity contribution in [2.45, 2.75) is 13.0 Å². The summed E-state index contributed by atoms with van der Waals surface area (Å²) in [4.78, 5) is 0. The van der Waals surface area contributed by atoms with Crippen molar-refractivity contribution in [3.8, 4) is 5.75 Å². The van der Waals surface area contributed by atoms with Crippen LogP contribution in [0.25, 0.3) is 0 Å². The fraction of sp³-hybridized carbons (Fsp3) is 0.250. The smallest absolute Gasteiger partial charge is 0.119 e. The average molecular weight is 415 g/mol. The van der Waals surface area contributed by atoms with Gasteiger partial charge in [-0.25, -0.2) is 0 Å². The molecule has 2 aromatic carbocycles. The SMILES string of the molecule is Cc1cc(Br)c(NCC(O)COc2ccccc2)c(Br)c1. The molecule has 2 rings (SSSR count). The van der Waals surface area contributed by atoms with E-state index < -0.39 is 6.10 Å². The summed E-state index contributed by atoms with van der Waals surface area (Å²) in [5.41, 5.74) is 2.09. The zero-order valence-electron chi connectivity index (χ0n) is 11.6. The first-order valence-electron chi connectivity index (χ1n) is 6.61. The molecule has 2 aromatic rings. The Labute approximate surface area is 141 Å². The zero-order valence-corrected chi connectivity index (χ0v) is 14.8. The monoisotopic (exact) mass is 413 g/mol. The van der Waals surface area contributed by atoms with Crippen LogP contribution in [-0.4, -0.2) is 24.4 Å². The van der Waals surface area contributed by atoms with E-state index in [-0.39, 0.29) is 6.61 Å². The Hall–Kier alpha value is -1.04. The van der Waals surface area contributed by atoms with Gasteiger partial charge in [0.25, 0.3) is 0 Å². The Morgan fingerprint density at radius 2 is 1.76 bits per heavy atom. The van der Waals surface area contributed by atoms with Crippen LogP contribution in [0.2, 0.25) is 0 Å². The summed E-state index contributed by atoms with van der Waals surface area (Å²) >= 11 is 7.04. The summed E-state index contributed by atoms with van der Waals surface area (Å²) in [6.45, 7) is 2.69. The summed E-state index contributed by atoms with van der Waals surface area (Å²) in [6, 6.07) is 13.5. The number of aliphatic hydroxyl groups excluding tert-OH is 1. The number of hydrogen-bond donors (Lipinski definition) is 2. The third kappa shape index (κ3) is 5.02. The molecule has 0 saturated heterocycles. The first kappa shape index (κ1) is 16.3. The maximum absolute atomic E-state index is 9.99. The molecule has 2 N–H and O–H groups in total. The van der Waals surface area contributed by atoms with Gasteiger partial charge in [-0.05, 0) is 68.6 Å². The molecule has 112 valence electrons. The number of halogens is 2. The Morgan fingerprint density at radius 1 is 1.14 bits per heavy atom. The second kappa shape index (κ2) is 7.82. The molecule has 0 amide bonds. The van der Waals surface area contributed by atoms with Crippen LogP contribution in [-0.2, 0) is 0 Å². The molecule has 0 saturated carbocycles. The normalized spacial score (nSPS) is 12.0. The highest BCUT2D eigenvalue weighted by Crippen LogP contribution is 2.32. The van der Waals surface area contributed by atoms with Crippen LogP contribution in [0.15, 0.2) is 51.4 Å². The van der Waals surface area contributed by atoms with E-state index >= 15 is 0 Å². The van der Waals surface area contributed by atoms with Crippen LogP contribution >= 0.6 is 31.9 Å². The van der Waals surface area contributed by atoms with Crippen molar-refractivity contribution in [1.29, 1.82) is 0 Å². The number of ether oxygens (including phenoxy) is 1. The molecule has 0 aromatic heterocycles. The Morgan fingerprint density at radius 3 is 2.38 bits per heavy atom. The maximum atomic E-state index is 9.99. The molecule has 0 aliphatic heterocycles. The number of anilines is 1. The van der Waals surface area contributed by atoms with Crippen molar-refractivity contribution in [3.05, 3.63) is 57.0 Å². The molecule has 0 aliphatic carbocycles. The Balaban J connectivity index is 1.85. The minimum Gasteiger partial charge on any atom is -0.491 e. The first-order chi connectivity index (χ1) is 10.1. The van der Waals surface area contributed by atoms with Crippen LogP contribution < -0.4 is 10.1 Å². The van der Waals surface area contributed by atoms with Gasteiger partial charge >= 0.3 is 0 Å². The number of aliphatic hydroxyl groups is 1. The van der Waals surface area contributed by atoms with Crippen molar-refractivity contribution in [2.24, 2.45) is 0 Å². The maximum Gasteiger partial charge on any atom is 0.119 e. The standard InChI is InChI=1S/C16H17Br2NO2/c1-11-7-14(17)16(15(18)8-11)19-9-12(20)10-21-13-5-3-2-4-6-13/h2-8,12,19-20H,9-10H2,1H3. The quantitative estimate of drug-likeness (QED) is 0.737. The molecule has 0 bridgehead atoms. The first-order valence-corrected chi connectivity index (χ1v) is 8.20. The van der Waals surface area contributed by atoms with Crippen LogP contribution in [0, 0.1) is 6.92 Å². The predicted molar refractivity (Wildman–Crippen MR) is 93.0 cm³/mol. The van der Waals surface area contributed by atoms with E-state index in [0.29, 0.717) is 6.54 Å². The van der Waals surface area contributed by atoms with E-state index in [9.17, 15) is 5.11 Å². The molecule has 0 heterocycles. The van der Waals surface area contributed by atoms with Gasteiger partial charge in [-0.2, -0.15) is 0 Å². The minimum atomic E-state index is -0.592. The lowest BCUT2D eigenvalue weighted by Gasteiger charge is -2.16. The number of benzene rings is 2. The van der Waals surface area contributed by atoms with Gasteiger partial charge in [0.15, 0.2) is 0 Å². The summed E-state index contributed by atoms with van der Waals surface area (Å²) in [5, 5.41) is 13.2. The number of aryl methyl sites for hydroxylation is 1. The molecule has 1 unspecified atom stereocenters. The molecular formula is C16H17Br2NO2. The highest BCUT2D eigenvalue weighted by atomic mass is 79.9. The van der Waals surface area contributed by atoms with E-state index in [4.69, 9.17) is 4.74 Å². The molecular weight excluding hydrogens is 398 g/mol. The van der Waals surface area contributed by atoms with E-state index in [1.807, 2.05) is 49.4 Å². The van der Waals surface area contributed by atoms with Gasteiger partial charge in [-0.3, -0.25) is 0 Å². The summed E-state index contributed by atoms with van der Waals surface area (Å²) in [5.74, 6) is 0.759. The molecule has 0 fully saturated rings. The van der Waals surface area contributed by atoms with Crippen molar-refractivity contribution in [1.82, 2.24) is 0 Å². The van der Waals surface area contributed by atoms with Crippen LogP contribution in [0.3, 0.4) is 0 Å². The van der Waals surface area contributed by atoms with E-state index in [1.165, 1.54) is 0 Å². The fourth-order valence-corrected chi connectivity index (χ4v) is 3.55. The highest BCUT2D eigenvalue weighted by Gasteiger charge is 2.09. The van der Waals surface area contributed by atoms with E-state index in [0.717, 1.165) is 25.9 Å². The molecule has 0 spiro atoms. The van der Waals surface area contributed by atoms with Crippen molar-refractivity contribution in [3.63, 3.8) is 0 Å². The second-order valence-electron chi connectivity index (χ2n) is 4.76. The van der Waals surface area contributed by atoms with E-state index in [1.54, 1.807) is 0 Å². The molecule has 5 heteroatoms. The van der Waals surface area contributed by atoms with Gasteiger partial charge in [0.1, 0.15) is 18.5 Å². The van der Waals surface area contributed by atoms with Gasteiger partial charge in [-0.1, -0.05) is 18.2 Å². The summed E-state index contributed by atoms with van der Waals surface area (Å²) < 4.78 is 7.45. The summed E-state index contributed by atoms with van der Waals surface area (Å²) in [6.07, 6.45) is -0.592. The van der Waals surface area contributed by atoms with Gasteiger partial charge in [-0.15, -0.1) is 0 Å². The van der Waals surface area contributed by atoms with Gasteiger partial charge < -0.3 is 15.2 Å². The van der Waals surface area contributed by atoms with Gasteiger partial charge in [0.2, 0.25) is 0 Å². The number of nitrogens with one attached hydrogen (secondary N) is 1. The van der Waals surface area contributed by atoms with Gasteiger partial charge in [0.05, 0.1) is 5.69 Å². The fourth-order valence-electron chi connectivity index (χ4n) is 1.86. The van der Waals surface area contributed by atoms with Crippen LogP contribution in [0.4, 0.5) is 5.69 Å². The Kier molecular flexibility index (Phi) is 6.08. The lowest BCUT2D eigenvalue weighted by molar-refractivity contribution is 0.117. The number of rotatable bonds is 6. The number of hydrogen-bond acceptors (Lipinski definition) is 3. The molecule has 0 radical (unpaired) electrons. The van der Waals surface area contributed by atoms with Crippen molar-refractivity contribution in [2.75, 3.05) is 18.5 Å². The lowest BCUT2D eigenvalue weighted by Crippen LogP contribution is -2.26. The van der Waals surface area contributed by atoms with Gasteiger partial charge in [0, 0.05) is 15.5 Å². The third-order valence-corrected chi connectivity index (χ3v) is 4.14. The highest BCUT2D eigenvalue weighted by molar-refractivity contribution is 9.11. The topological polar surface area (TPSA) is 41.5 Å². The lowest BCUT2D eigenvalue weighted by atomic mass is 10.2. The second-order valence-corrected chi connectivity index (χ2v) is 6.47. The van der Waals surface area contributed by atoms with Crippen LogP contribution in [0.1, 0.15) is 5.56 Å². The third-order valence-electron chi connectivity index (χ3n) is 2.89. The van der Waals surface area contributed by atoms with Crippen LogP contribution in [0.5, 0.6) is 5.75 Å². The predicted octanol–water partition coefficient (Wildman–Crippen LogP) is 4.37. The molecule has 21 heavy (non-hydrogen) atoms. The summed E-state index contributed by atoms with van der Waals surface area (Å²) in [7, 11) is 0. The minimum absolute atomic E-state index is 0.248. The van der Waals surface area contributed by atoms with Crippen molar-refractivity contribution < 1.29 is 9.84 Å². The van der Waals surface area contributed by atoms with Crippen molar-refractivity contribution >= 4 is 37.5 Å². The van der Waals surface area contributed by atoms with E-state index in [2.05, 4.69) is 37.2 Å². The largest absolute Gasteiger partial charge is 0.491 e. The Bertz CT molecular complexity index is 567. The number of para-hydroxylation sites is 1. The average Bonchev–Trinajstić information content (AvgIpc) is 2.45. The molecule has 3 nitrogen and oxygen atoms in total. The molecule has 0 aliphatic rings. The molecule has 1 atom stereocenters. The zero-order chi connectivity index (χ0) is 15.2.